The van der Waals surface area contributed by atoms with Crippen LogP contribution in [0.1, 0.15) is 33.1 Å². The van der Waals surface area contributed by atoms with Gasteiger partial charge in [-0.25, -0.2) is 0 Å². The van der Waals surface area contributed by atoms with E-state index in [2.05, 4.69) is 19.9 Å². The monoisotopic (exact) mass is 128 g/mol. The second-order valence-corrected chi connectivity index (χ2v) is 2.03. The molecule has 0 saturated carbocycles. The molecule has 0 heterocycles. The molecule has 0 aromatic rings. The molecule has 0 aliphatic carbocycles. The van der Waals surface area contributed by atoms with Crippen molar-refractivity contribution in [2.45, 2.75) is 33.1 Å². The first kappa shape index (κ1) is 8.54. The molecule has 0 aliphatic rings. The summed E-state index contributed by atoms with van der Waals surface area (Å²) in [5.41, 5.74) is 0. The molecule has 0 fully saturated rings. The minimum atomic E-state index is 1.07. The van der Waals surface area contributed by atoms with E-state index in [1.54, 1.807) is 7.11 Å². The van der Waals surface area contributed by atoms with Crippen LogP contribution in [0.2, 0.25) is 0 Å². The SMILES string of the molecule is CC/C=C(\CCC)OC. The van der Waals surface area contributed by atoms with Gasteiger partial charge in [-0.15, -0.1) is 0 Å². The molecule has 54 valence electrons. The van der Waals surface area contributed by atoms with Gasteiger partial charge in [0.05, 0.1) is 12.9 Å². The van der Waals surface area contributed by atoms with Gasteiger partial charge in [0, 0.05) is 6.42 Å². The van der Waals surface area contributed by atoms with Crippen LogP contribution in [0.3, 0.4) is 0 Å². The van der Waals surface area contributed by atoms with Crippen molar-refractivity contribution >= 4 is 0 Å². The molecule has 0 N–H and O–H groups in total. The highest BCUT2D eigenvalue weighted by atomic mass is 16.5. The van der Waals surface area contributed by atoms with Gasteiger partial charge in [-0.1, -0.05) is 13.8 Å². The van der Waals surface area contributed by atoms with E-state index in [-0.39, 0.29) is 0 Å². The van der Waals surface area contributed by atoms with Crippen LogP contribution in [0.15, 0.2) is 11.8 Å². The van der Waals surface area contributed by atoms with Gasteiger partial charge in [0.2, 0.25) is 0 Å². The summed E-state index contributed by atoms with van der Waals surface area (Å²) in [6.45, 7) is 4.28. The molecule has 0 spiro atoms. The van der Waals surface area contributed by atoms with Crippen LogP contribution in [0.5, 0.6) is 0 Å². The summed E-state index contributed by atoms with van der Waals surface area (Å²) in [5.74, 6) is 1.13. The third kappa shape index (κ3) is 4.07. The number of hydrogen-bond acceptors (Lipinski definition) is 1. The van der Waals surface area contributed by atoms with Gasteiger partial charge in [-0.2, -0.15) is 0 Å². The lowest BCUT2D eigenvalue weighted by atomic mass is 10.2. The average Bonchev–Trinajstić information content (AvgIpc) is 1.88. The Hall–Kier alpha value is -0.460. The number of ether oxygens (including phenoxy) is 1. The third-order valence-electron chi connectivity index (χ3n) is 1.19. The van der Waals surface area contributed by atoms with Crippen LogP contribution in [-0.2, 0) is 4.74 Å². The minimum absolute atomic E-state index is 1.07. The van der Waals surface area contributed by atoms with Crippen LogP contribution in [0.4, 0.5) is 0 Å². The maximum atomic E-state index is 5.09. The van der Waals surface area contributed by atoms with Gasteiger partial charge in [-0.3, -0.25) is 0 Å². The fourth-order valence-corrected chi connectivity index (χ4v) is 0.762. The Bertz CT molecular complexity index is 84.6. The average molecular weight is 128 g/mol. The van der Waals surface area contributed by atoms with Crippen LogP contribution in [0.25, 0.3) is 0 Å². The van der Waals surface area contributed by atoms with Crippen molar-refractivity contribution in [3.8, 4) is 0 Å². The van der Waals surface area contributed by atoms with Crippen LogP contribution in [-0.4, -0.2) is 7.11 Å². The van der Waals surface area contributed by atoms with Gasteiger partial charge in [0.15, 0.2) is 0 Å². The van der Waals surface area contributed by atoms with E-state index in [1.807, 2.05) is 0 Å². The summed E-state index contributed by atoms with van der Waals surface area (Å²) in [4.78, 5) is 0. The zero-order valence-corrected chi connectivity index (χ0v) is 6.61. The standard InChI is InChI=1S/C8H16O/c1-4-6-8(9-3)7-5-2/h6H,4-5,7H2,1-3H3/b8-6+. The van der Waals surface area contributed by atoms with Crippen molar-refractivity contribution in [2.24, 2.45) is 0 Å². The summed E-state index contributed by atoms with van der Waals surface area (Å²) in [7, 11) is 1.73. The Morgan fingerprint density at radius 2 is 2.11 bits per heavy atom. The van der Waals surface area contributed by atoms with E-state index < -0.39 is 0 Å². The molecule has 0 radical (unpaired) electrons. The minimum Gasteiger partial charge on any atom is -0.501 e. The fourth-order valence-electron chi connectivity index (χ4n) is 0.762. The second-order valence-electron chi connectivity index (χ2n) is 2.03. The van der Waals surface area contributed by atoms with Crippen molar-refractivity contribution in [3.05, 3.63) is 11.8 Å². The number of allylic oxidation sites excluding steroid dienone is 2. The van der Waals surface area contributed by atoms with Crippen molar-refractivity contribution in [3.63, 3.8) is 0 Å². The molecule has 1 nitrogen and oxygen atoms in total. The van der Waals surface area contributed by atoms with Crippen LogP contribution < -0.4 is 0 Å². The summed E-state index contributed by atoms with van der Waals surface area (Å²) in [6.07, 6.45) is 5.44. The fraction of sp³-hybridized carbons (Fsp3) is 0.750. The van der Waals surface area contributed by atoms with E-state index in [1.165, 1.54) is 6.42 Å². The summed E-state index contributed by atoms with van der Waals surface area (Å²) >= 11 is 0. The molecule has 0 saturated heterocycles. The molecular weight excluding hydrogens is 112 g/mol. The predicted molar refractivity (Wildman–Crippen MR) is 40.3 cm³/mol. The molecule has 0 aromatic carbocycles. The summed E-state index contributed by atoms with van der Waals surface area (Å²) in [6, 6.07) is 0. The largest absolute Gasteiger partial charge is 0.501 e. The Morgan fingerprint density at radius 1 is 1.44 bits per heavy atom. The van der Waals surface area contributed by atoms with Crippen molar-refractivity contribution < 1.29 is 4.74 Å². The lowest BCUT2D eigenvalue weighted by Crippen LogP contribution is -1.84. The van der Waals surface area contributed by atoms with Gasteiger partial charge in [-0.05, 0) is 18.9 Å². The molecule has 0 aliphatic heterocycles. The van der Waals surface area contributed by atoms with E-state index in [9.17, 15) is 0 Å². The highest BCUT2D eigenvalue weighted by molar-refractivity contribution is 4.91. The Labute approximate surface area is 57.7 Å². The second kappa shape index (κ2) is 5.67. The molecule has 0 bridgehead atoms. The van der Waals surface area contributed by atoms with Gasteiger partial charge >= 0.3 is 0 Å². The molecule has 0 rings (SSSR count). The smallest absolute Gasteiger partial charge is 0.0915 e. The molecule has 1 heteroatoms. The molecule has 0 unspecified atom stereocenters. The summed E-state index contributed by atoms with van der Waals surface area (Å²) in [5, 5.41) is 0. The maximum Gasteiger partial charge on any atom is 0.0915 e. The normalized spacial score (nSPS) is 11.7. The highest BCUT2D eigenvalue weighted by Gasteiger charge is 1.89. The number of methoxy groups -OCH3 is 1. The third-order valence-corrected chi connectivity index (χ3v) is 1.19. The first-order chi connectivity index (χ1) is 4.35. The molecular formula is C8H16O. The van der Waals surface area contributed by atoms with Crippen molar-refractivity contribution in [1.82, 2.24) is 0 Å². The van der Waals surface area contributed by atoms with Crippen molar-refractivity contribution in [1.29, 1.82) is 0 Å². The Morgan fingerprint density at radius 3 is 2.44 bits per heavy atom. The summed E-state index contributed by atoms with van der Waals surface area (Å²) < 4.78 is 5.09. The van der Waals surface area contributed by atoms with E-state index in [0.717, 1.165) is 18.6 Å². The van der Waals surface area contributed by atoms with Crippen LogP contribution >= 0.6 is 0 Å². The van der Waals surface area contributed by atoms with Crippen molar-refractivity contribution in [2.75, 3.05) is 7.11 Å². The Kier molecular flexibility index (Phi) is 5.38. The number of hydrogen-bond donors (Lipinski definition) is 0. The number of rotatable bonds is 4. The zero-order valence-electron chi connectivity index (χ0n) is 6.61. The quantitative estimate of drug-likeness (QED) is 0.529. The van der Waals surface area contributed by atoms with Gasteiger partial charge < -0.3 is 4.74 Å². The maximum absolute atomic E-state index is 5.09. The Balaban J connectivity index is 3.53. The van der Waals surface area contributed by atoms with Gasteiger partial charge in [0.25, 0.3) is 0 Å². The van der Waals surface area contributed by atoms with Gasteiger partial charge in [0.1, 0.15) is 0 Å². The van der Waals surface area contributed by atoms with E-state index in [0.29, 0.717) is 0 Å². The molecule has 0 atom stereocenters. The molecule has 0 aromatic heterocycles. The highest BCUT2D eigenvalue weighted by Crippen LogP contribution is 2.05. The topological polar surface area (TPSA) is 9.23 Å². The lowest BCUT2D eigenvalue weighted by Gasteiger charge is -2.01. The van der Waals surface area contributed by atoms with E-state index >= 15 is 0 Å². The first-order valence-corrected chi connectivity index (χ1v) is 3.58. The zero-order chi connectivity index (χ0) is 7.11. The van der Waals surface area contributed by atoms with E-state index in [4.69, 9.17) is 4.74 Å². The molecule has 0 amide bonds. The lowest BCUT2D eigenvalue weighted by molar-refractivity contribution is 0.274. The van der Waals surface area contributed by atoms with Crippen LogP contribution in [0, 0.1) is 0 Å². The predicted octanol–water partition coefficient (Wildman–Crippen LogP) is 2.73. The first-order valence-electron chi connectivity index (χ1n) is 3.58. The molecule has 9 heavy (non-hydrogen) atoms.